The molecule has 0 radical (unpaired) electrons. The summed E-state index contributed by atoms with van der Waals surface area (Å²) in [5.41, 5.74) is 6.82. The summed E-state index contributed by atoms with van der Waals surface area (Å²) in [6.45, 7) is 0. The maximum Gasteiger partial charge on any atom is 0.172 e. The second-order valence-corrected chi connectivity index (χ2v) is 5.83. The maximum absolute atomic E-state index is 13.3. The van der Waals surface area contributed by atoms with Crippen LogP contribution >= 0.6 is 11.3 Å². The van der Waals surface area contributed by atoms with Crippen molar-refractivity contribution in [2.45, 2.75) is 0 Å². The molecule has 2 aromatic heterocycles. The second-order valence-electron chi connectivity index (χ2n) is 4.74. The lowest BCUT2D eigenvalue weighted by atomic mass is 10.2. The van der Waals surface area contributed by atoms with E-state index in [9.17, 15) is 4.39 Å². The van der Waals surface area contributed by atoms with Crippen LogP contribution in [0.3, 0.4) is 0 Å². The third-order valence-corrected chi connectivity index (χ3v) is 4.43. The quantitative estimate of drug-likeness (QED) is 0.571. The van der Waals surface area contributed by atoms with E-state index in [2.05, 4.69) is 9.97 Å². The number of aromatic nitrogens is 2. The number of thiophene rings is 1. The summed E-state index contributed by atoms with van der Waals surface area (Å²) in [5.74, 6) is 0.793. The summed E-state index contributed by atoms with van der Waals surface area (Å²) < 4.78 is 14.2. The first-order valence-electron chi connectivity index (χ1n) is 6.42. The number of fused-ring (bicyclic) bond motifs is 2. The van der Waals surface area contributed by atoms with Gasteiger partial charge in [-0.25, -0.2) is 14.4 Å². The Balaban J connectivity index is 1.95. The molecule has 0 aliphatic carbocycles. The van der Waals surface area contributed by atoms with E-state index in [1.54, 1.807) is 6.07 Å². The fraction of sp³-hybridized carbons (Fsp3) is 0. The molecule has 4 rings (SSSR count). The summed E-state index contributed by atoms with van der Waals surface area (Å²) in [4.78, 5) is 9.80. The number of anilines is 1. The van der Waals surface area contributed by atoms with Crippen molar-refractivity contribution in [3.63, 3.8) is 0 Å². The molecule has 0 atom stereocenters. The first-order chi connectivity index (χ1) is 10.2. The summed E-state index contributed by atoms with van der Waals surface area (Å²) in [6.07, 6.45) is 0. The van der Waals surface area contributed by atoms with Crippen LogP contribution in [-0.2, 0) is 0 Å². The molecule has 0 aliphatic rings. The van der Waals surface area contributed by atoms with Crippen molar-refractivity contribution in [2.75, 3.05) is 5.73 Å². The highest BCUT2D eigenvalue weighted by Crippen LogP contribution is 2.33. The van der Waals surface area contributed by atoms with Crippen molar-refractivity contribution in [3.05, 3.63) is 54.3 Å². The largest absolute Gasteiger partial charge is 0.383 e. The van der Waals surface area contributed by atoms with Crippen molar-refractivity contribution in [2.24, 2.45) is 0 Å². The number of nitrogens with zero attached hydrogens (tertiary/aromatic N) is 2. The van der Waals surface area contributed by atoms with Gasteiger partial charge in [0, 0.05) is 10.1 Å². The molecule has 0 saturated carbocycles. The van der Waals surface area contributed by atoms with Gasteiger partial charge in [-0.2, -0.15) is 0 Å². The van der Waals surface area contributed by atoms with E-state index < -0.39 is 0 Å². The highest BCUT2D eigenvalue weighted by Gasteiger charge is 2.10. The van der Waals surface area contributed by atoms with Gasteiger partial charge in [-0.15, -0.1) is 11.3 Å². The van der Waals surface area contributed by atoms with E-state index in [1.807, 2.05) is 30.3 Å². The summed E-state index contributed by atoms with van der Waals surface area (Å²) in [5, 5.41) is 1.82. The standard InChI is InChI=1S/C16H10FN3S/c17-10-6-5-9-7-14(21-13(9)8-10)16-19-12-4-2-1-3-11(12)15(18)20-16/h1-8H,(H2,18,19,20). The fourth-order valence-corrected chi connectivity index (χ4v) is 3.35. The van der Waals surface area contributed by atoms with Gasteiger partial charge in [0.1, 0.15) is 11.6 Å². The molecule has 0 spiro atoms. The van der Waals surface area contributed by atoms with Gasteiger partial charge < -0.3 is 5.73 Å². The van der Waals surface area contributed by atoms with Crippen LogP contribution in [0, 0.1) is 5.82 Å². The summed E-state index contributed by atoms with van der Waals surface area (Å²) >= 11 is 1.46. The summed E-state index contributed by atoms with van der Waals surface area (Å²) in [6, 6.07) is 14.3. The van der Waals surface area contributed by atoms with Crippen molar-refractivity contribution in [1.29, 1.82) is 0 Å². The number of para-hydroxylation sites is 1. The molecule has 0 aliphatic heterocycles. The Labute approximate surface area is 123 Å². The lowest BCUT2D eigenvalue weighted by Crippen LogP contribution is -1.96. The van der Waals surface area contributed by atoms with E-state index in [-0.39, 0.29) is 5.82 Å². The molecule has 0 unspecified atom stereocenters. The number of rotatable bonds is 1. The van der Waals surface area contributed by atoms with E-state index in [0.29, 0.717) is 11.6 Å². The van der Waals surface area contributed by atoms with Crippen LogP contribution in [0.2, 0.25) is 0 Å². The molecule has 0 bridgehead atoms. The molecule has 2 N–H and O–H groups in total. The predicted molar refractivity (Wildman–Crippen MR) is 84.7 cm³/mol. The van der Waals surface area contributed by atoms with Gasteiger partial charge in [0.15, 0.2) is 5.82 Å². The van der Waals surface area contributed by atoms with Gasteiger partial charge in [0.25, 0.3) is 0 Å². The number of benzene rings is 2. The van der Waals surface area contributed by atoms with Gasteiger partial charge in [-0.1, -0.05) is 18.2 Å². The van der Waals surface area contributed by atoms with Gasteiger partial charge in [0.2, 0.25) is 0 Å². The first kappa shape index (κ1) is 12.2. The minimum Gasteiger partial charge on any atom is -0.383 e. The average Bonchev–Trinajstić information content (AvgIpc) is 2.90. The zero-order chi connectivity index (χ0) is 14.4. The van der Waals surface area contributed by atoms with E-state index in [1.165, 1.54) is 23.5 Å². The molecule has 0 amide bonds. The van der Waals surface area contributed by atoms with Crippen LogP contribution in [0.5, 0.6) is 0 Å². The van der Waals surface area contributed by atoms with Crippen LogP contribution < -0.4 is 5.73 Å². The monoisotopic (exact) mass is 295 g/mol. The summed E-state index contributed by atoms with van der Waals surface area (Å²) in [7, 11) is 0. The fourth-order valence-electron chi connectivity index (χ4n) is 2.33. The molecule has 4 aromatic rings. The van der Waals surface area contributed by atoms with Crippen LogP contribution in [0.1, 0.15) is 0 Å². The third kappa shape index (κ3) is 2.02. The average molecular weight is 295 g/mol. The van der Waals surface area contributed by atoms with Crippen molar-refractivity contribution in [3.8, 4) is 10.7 Å². The molecule has 21 heavy (non-hydrogen) atoms. The predicted octanol–water partition coefficient (Wildman–Crippen LogP) is 4.23. The van der Waals surface area contributed by atoms with Crippen molar-refractivity contribution in [1.82, 2.24) is 9.97 Å². The SMILES string of the molecule is Nc1nc(-c2cc3ccc(F)cc3s2)nc2ccccc12. The van der Waals surface area contributed by atoms with Gasteiger partial charge in [-0.05, 0) is 35.7 Å². The van der Waals surface area contributed by atoms with Crippen molar-refractivity contribution >= 4 is 38.1 Å². The highest BCUT2D eigenvalue weighted by atomic mass is 32.1. The molecule has 102 valence electrons. The van der Waals surface area contributed by atoms with Gasteiger partial charge in [0.05, 0.1) is 10.4 Å². The zero-order valence-electron chi connectivity index (χ0n) is 10.9. The Bertz CT molecular complexity index is 978. The lowest BCUT2D eigenvalue weighted by molar-refractivity contribution is 0.630. The number of hydrogen-bond donors (Lipinski definition) is 1. The molecular formula is C16H10FN3S. The van der Waals surface area contributed by atoms with E-state index in [4.69, 9.17) is 5.73 Å². The van der Waals surface area contributed by atoms with Crippen LogP contribution in [0.15, 0.2) is 48.5 Å². The zero-order valence-corrected chi connectivity index (χ0v) is 11.7. The van der Waals surface area contributed by atoms with Crippen LogP contribution in [-0.4, -0.2) is 9.97 Å². The second kappa shape index (κ2) is 4.49. The maximum atomic E-state index is 13.3. The molecule has 5 heteroatoms. The molecule has 0 fully saturated rings. The number of halogens is 1. The lowest BCUT2D eigenvalue weighted by Gasteiger charge is -2.03. The molecule has 2 aromatic carbocycles. The Morgan fingerprint density at radius 1 is 1.00 bits per heavy atom. The topological polar surface area (TPSA) is 51.8 Å². The first-order valence-corrected chi connectivity index (χ1v) is 7.24. The Morgan fingerprint density at radius 3 is 2.76 bits per heavy atom. The van der Waals surface area contributed by atoms with E-state index >= 15 is 0 Å². The van der Waals surface area contributed by atoms with Gasteiger partial charge >= 0.3 is 0 Å². The number of hydrogen-bond acceptors (Lipinski definition) is 4. The molecule has 3 nitrogen and oxygen atoms in total. The Kier molecular flexibility index (Phi) is 2.62. The Hall–Kier alpha value is -2.53. The van der Waals surface area contributed by atoms with Crippen molar-refractivity contribution < 1.29 is 4.39 Å². The van der Waals surface area contributed by atoms with E-state index in [0.717, 1.165) is 25.9 Å². The number of nitrogens with two attached hydrogens (primary N) is 1. The molecule has 2 heterocycles. The van der Waals surface area contributed by atoms with Crippen LogP contribution in [0.4, 0.5) is 10.2 Å². The minimum atomic E-state index is -0.241. The van der Waals surface area contributed by atoms with Crippen LogP contribution in [0.25, 0.3) is 31.7 Å². The minimum absolute atomic E-state index is 0.241. The molecule has 0 saturated heterocycles. The van der Waals surface area contributed by atoms with Gasteiger partial charge in [-0.3, -0.25) is 0 Å². The third-order valence-electron chi connectivity index (χ3n) is 3.34. The highest BCUT2D eigenvalue weighted by molar-refractivity contribution is 7.22. The number of nitrogen functional groups attached to an aromatic ring is 1. The normalized spacial score (nSPS) is 11.3. The smallest absolute Gasteiger partial charge is 0.172 e. The molecular weight excluding hydrogens is 285 g/mol. The Morgan fingerprint density at radius 2 is 1.86 bits per heavy atom.